The van der Waals surface area contributed by atoms with E-state index < -0.39 is 5.97 Å². The van der Waals surface area contributed by atoms with Gasteiger partial charge >= 0.3 is 5.97 Å². The Bertz CT molecular complexity index is 764. The molecule has 1 aromatic carbocycles. The highest BCUT2D eigenvalue weighted by Gasteiger charge is 2.16. The standard InChI is InChI=1S/C13H9N5O2/c14-4-10-11(5-15)18(7-17-10)6-8-2-1-3-9(16)12(8)13(19)20/h1-3,7H,6,16H2,(H,19,20). The summed E-state index contributed by atoms with van der Waals surface area (Å²) in [6, 6.07) is 8.41. The van der Waals surface area contributed by atoms with Crippen molar-refractivity contribution in [1.82, 2.24) is 9.55 Å². The van der Waals surface area contributed by atoms with Gasteiger partial charge in [0.1, 0.15) is 12.1 Å². The molecule has 7 heteroatoms. The van der Waals surface area contributed by atoms with E-state index in [0.717, 1.165) is 0 Å². The van der Waals surface area contributed by atoms with Gasteiger partial charge in [-0.15, -0.1) is 0 Å². The van der Waals surface area contributed by atoms with E-state index in [2.05, 4.69) is 4.98 Å². The molecule has 0 atom stereocenters. The number of nitrogen functional groups attached to an aromatic ring is 1. The van der Waals surface area contributed by atoms with Gasteiger partial charge in [0.05, 0.1) is 18.4 Å². The van der Waals surface area contributed by atoms with Gasteiger partial charge in [-0.25, -0.2) is 9.78 Å². The molecule has 0 saturated heterocycles. The minimum Gasteiger partial charge on any atom is -0.478 e. The highest BCUT2D eigenvalue weighted by atomic mass is 16.4. The molecular weight excluding hydrogens is 258 g/mol. The summed E-state index contributed by atoms with van der Waals surface area (Å²) >= 11 is 0. The van der Waals surface area contributed by atoms with Crippen LogP contribution in [0.5, 0.6) is 0 Å². The number of carboxylic acids is 1. The smallest absolute Gasteiger partial charge is 0.338 e. The summed E-state index contributed by atoms with van der Waals surface area (Å²) in [7, 11) is 0. The maximum atomic E-state index is 11.2. The van der Waals surface area contributed by atoms with Gasteiger partial charge in [0.25, 0.3) is 0 Å². The fourth-order valence-electron chi connectivity index (χ4n) is 1.90. The molecule has 0 unspecified atom stereocenters. The number of nitrogens with zero attached hydrogens (tertiary/aromatic N) is 4. The lowest BCUT2D eigenvalue weighted by atomic mass is 10.1. The number of aromatic nitrogens is 2. The number of hydrogen-bond donors (Lipinski definition) is 2. The molecule has 3 N–H and O–H groups in total. The molecule has 7 nitrogen and oxygen atoms in total. The van der Waals surface area contributed by atoms with Crippen LogP contribution in [0.15, 0.2) is 24.5 Å². The van der Waals surface area contributed by atoms with Crippen LogP contribution in [0.25, 0.3) is 0 Å². The van der Waals surface area contributed by atoms with Gasteiger partial charge in [-0.1, -0.05) is 12.1 Å². The molecular formula is C13H9N5O2. The maximum absolute atomic E-state index is 11.2. The number of carbonyl (C=O) groups is 1. The average molecular weight is 267 g/mol. The predicted octanol–water partition coefficient (Wildman–Crippen LogP) is 0.955. The molecule has 20 heavy (non-hydrogen) atoms. The topological polar surface area (TPSA) is 129 Å². The number of anilines is 1. The molecule has 0 radical (unpaired) electrons. The summed E-state index contributed by atoms with van der Waals surface area (Å²) < 4.78 is 1.42. The Labute approximate surface area is 114 Å². The van der Waals surface area contributed by atoms with Crippen LogP contribution in [-0.4, -0.2) is 20.6 Å². The second kappa shape index (κ2) is 5.12. The van der Waals surface area contributed by atoms with Gasteiger partial charge in [0.15, 0.2) is 11.4 Å². The van der Waals surface area contributed by atoms with Crippen molar-refractivity contribution in [2.45, 2.75) is 6.54 Å². The quantitative estimate of drug-likeness (QED) is 0.796. The van der Waals surface area contributed by atoms with Crippen LogP contribution < -0.4 is 5.73 Å². The van der Waals surface area contributed by atoms with Gasteiger partial charge in [0, 0.05) is 5.69 Å². The monoisotopic (exact) mass is 267 g/mol. The number of carboxylic acid groups (broad SMARTS) is 1. The molecule has 0 aliphatic carbocycles. The summed E-state index contributed by atoms with van der Waals surface area (Å²) in [5.41, 5.74) is 6.33. The van der Waals surface area contributed by atoms with Gasteiger partial charge in [-0.2, -0.15) is 10.5 Å². The van der Waals surface area contributed by atoms with Gasteiger partial charge in [0.2, 0.25) is 0 Å². The second-order valence-electron chi connectivity index (χ2n) is 3.98. The largest absolute Gasteiger partial charge is 0.478 e. The molecule has 0 spiro atoms. The lowest BCUT2D eigenvalue weighted by molar-refractivity contribution is 0.0696. The third-order valence-electron chi connectivity index (χ3n) is 2.79. The number of hydrogen-bond acceptors (Lipinski definition) is 5. The average Bonchev–Trinajstić information content (AvgIpc) is 2.80. The maximum Gasteiger partial charge on any atom is 0.338 e. The van der Waals surface area contributed by atoms with Crippen LogP contribution >= 0.6 is 0 Å². The van der Waals surface area contributed by atoms with Crippen LogP contribution in [0, 0.1) is 22.7 Å². The van der Waals surface area contributed by atoms with Crippen molar-refractivity contribution in [1.29, 1.82) is 10.5 Å². The van der Waals surface area contributed by atoms with Crippen molar-refractivity contribution in [3.63, 3.8) is 0 Å². The number of rotatable bonds is 3. The van der Waals surface area contributed by atoms with Crippen LogP contribution in [0.3, 0.4) is 0 Å². The highest BCUT2D eigenvalue weighted by molar-refractivity contribution is 5.95. The van der Waals surface area contributed by atoms with Crippen LogP contribution in [0.1, 0.15) is 27.3 Å². The summed E-state index contributed by atoms with van der Waals surface area (Å²) in [4.78, 5) is 15.0. The first kappa shape index (κ1) is 13.1. The van der Waals surface area contributed by atoms with Gasteiger partial charge < -0.3 is 15.4 Å². The van der Waals surface area contributed by atoms with Crippen LogP contribution in [-0.2, 0) is 6.54 Å². The van der Waals surface area contributed by atoms with Crippen molar-refractivity contribution in [3.8, 4) is 12.1 Å². The van der Waals surface area contributed by atoms with Crippen molar-refractivity contribution >= 4 is 11.7 Å². The lowest BCUT2D eigenvalue weighted by Gasteiger charge is -2.09. The Kier molecular flexibility index (Phi) is 3.36. The van der Waals surface area contributed by atoms with E-state index in [4.69, 9.17) is 16.3 Å². The van der Waals surface area contributed by atoms with Crippen molar-refractivity contribution in [2.24, 2.45) is 0 Å². The van der Waals surface area contributed by atoms with E-state index in [1.54, 1.807) is 18.2 Å². The van der Waals surface area contributed by atoms with Crippen molar-refractivity contribution in [3.05, 3.63) is 47.0 Å². The van der Waals surface area contributed by atoms with Gasteiger partial charge in [-0.05, 0) is 11.6 Å². The third kappa shape index (κ3) is 2.16. The van der Waals surface area contributed by atoms with Crippen molar-refractivity contribution in [2.75, 3.05) is 5.73 Å². The zero-order valence-electron chi connectivity index (χ0n) is 10.2. The Morgan fingerprint density at radius 2 is 2.15 bits per heavy atom. The van der Waals surface area contributed by atoms with Crippen molar-refractivity contribution < 1.29 is 9.90 Å². The molecule has 0 amide bonds. The van der Waals surface area contributed by atoms with E-state index in [-0.39, 0.29) is 29.2 Å². The summed E-state index contributed by atoms with van der Waals surface area (Å²) in [6.07, 6.45) is 1.33. The zero-order valence-corrected chi connectivity index (χ0v) is 10.2. The van der Waals surface area contributed by atoms with Crippen LogP contribution in [0.4, 0.5) is 5.69 Å². The normalized spacial score (nSPS) is 9.70. The summed E-state index contributed by atoms with van der Waals surface area (Å²) in [6.45, 7) is 0.101. The minimum atomic E-state index is -1.14. The Morgan fingerprint density at radius 1 is 1.40 bits per heavy atom. The first-order valence-corrected chi connectivity index (χ1v) is 5.54. The highest BCUT2D eigenvalue weighted by Crippen LogP contribution is 2.19. The summed E-state index contributed by atoms with van der Waals surface area (Å²) in [5, 5.41) is 27.0. The van der Waals surface area contributed by atoms with E-state index in [1.165, 1.54) is 17.0 Å². The van der Waals surface area contributed by atoms with E-state index in [1.807, 2.05) is 6.07 Å². The van der Waals surface area contributed by atoms with E-state index >= 15 is 0 Å². The second-order valence-corrected chi connectivity index (χ2v) is 3.98. The molecule has 2 rings (SSSR count). The Hall–Kier alpha value is -3.32. The fourth-order valence-corrected chi connectivity index (χ4v) is 1.90. The first-order chi connectivity index (χ1) is 9.58. The molecule has 98 valence electrons. The number of aromatic carboxylic acids is 1. The Balaban J connectivity index is 2.50. The molecule has 0 aliphatic heterocycles. The number of nitrogens with two attached hydrogens (primary N) is 1. The first-order valence-electron chi connectivity index (χ1n) is 5.54. The molecule has 2 aromatic rings. The molecule has 0 bridgehead atoms. The van der Waals surface area contributed by atoms with Gasteiger partial charge in [-0.3, -0.25) is 0 Å². The Morgan fingerprint density at radius 3 is 2.75 bits per heavy atom. The van der Waals surface area contributed by atoms with E-state index in [9.17, 15) is 9.90 Å². The molecule has 0 saturated carbocycles. The van der Waals surface area contributed by atoms with E-state index in [0.29, 0.717) is 5.56 Å². The van der Waals surface area contributed by atoms with Crippen LogP contribution in [0.2, 0.25) is 0 Å². The molecule has 1 aromatic heterocycles. The predicted molar refractivity (Wildman–Crippen MR) is 68.6 cm³/mol. The SMILES string of the molecule is N#Cc1ncn(Cc2cccc(N)c2C(=O)O)c1C#N. The number of nitriles is 2. The molecule has 0 fully saturated rings. The lowest BCUT2D eigenvalue weighted by Crippen LogP contribution is -2.10. The third-order valence-corrected chi connectivity index (χ3v) is 2.79. The minimum absolute atomic E-state index is 0.00766. The molecule has 0 aliphatic rings. The number of benzene rings is 1. The number of imidazole rings is 1. The fraction of sp³-hybridized carbons (Fsp3) is 0.0769. The summed E-state index contributed by atoms with van der Waals surface area (Å²) in [5.74, 6) is -1.14. The molecule has 1 heterocycles. The zero-order chi connectivity index (χ0) is 14.7.